The number of anilines is 1. The summed E-state index contributed by atoms with van der Waals surface area (Å²) in [6, 6.07) is 7.49. The normalized spacial score (nSPS) is 16.1. The van der Waals surface area contributed by atoms with Crippen LogP contribution in [0.5, 0.6) is 17.2 Å². The zero-order valence-corrected chi connectivity index (χ0v) is 21.8. The number of amides is 1. The van der Waals surface area contributed by atoms with Gasteiger partial charge in [-0.15, -0.1) is 0 Å². The van der Waals surface area contributed by atoms with Crippen molar-refractivity contribution in [2.45, 2.75) is 39.2 Å². The van der Waals surface area contributed by atoms with Gasteiger partial charge in [-0.25, -0.2) is 4.79 Å². The number of fused-ring (bicyclic) bond motifs is 1. The van der Waals surface area contributed by atoms with E-state index >= 15 is 0 Å². The maximum absolute atomic E-state index is 12.5. The van der Waals surface area contributed by atoms with Gasteiger partial charge in [0.25, 0.3) is 0 Å². The lowest BCUT2D eigenvalue weighted by molar-refractivity contribution is 0.0172. The van der Waals surface area contributed by atoms with E-state index in [0.717, 1.165) is 36.2 Å². The number of likely N-dealkylation sites (tertiary alicyclic amines) is 1. The molecule has 0 bridgehead atoms. The van der Waals surface area contributed by atoms with Crippen molar-refractivity contribution in [2.75, 3.05) is 46.3 Å². The lowest BCUT2D eigenvalue weighted by atomic mass is 9.98. The van der Waals surface area contributed by atoms with Gasteiger partial charge in [0.05, 0.1) is 27.0 Å². The van der Waals surface area contributed by atoms with Crippen molar-refractivity contribution in [2.24, 2.45) is 5.92 Å². The molecule has 1 saturated heterocycles. The number of ether oxygens (including phenoxy) is 4. The van der Waals surface area contributed by atoms with Crippen LogP contribution < -0.4 is 19.5 Å². The fourth-order valence-electron chi connectivity index (χ4n) is 4.42. The Morgan fingerprint density at radius 2 is 1.86 bits per heavy atom. The van der Waals surface area contributed by atoms with E-state index < -0.39 is 5.60 Å². The average Bonchev–Trinajstić information content (AvgIpc) is 3.30. The van der Waals surface area contributed by atoms with Crippen LogP contribution in [-0.2, 0) is 4.74 Å². The van der Waals surface area contributed by atoms with E-state index in [2.05, 4.69) is 10.3 Å². The number of hydrogen-bond acceptors (Lipinski definition) is 8. The number of aromatic nitrogens is 1. The minimum atomic E-state index is -0.500. The first-order valence-corrected chi connectivity index (χ1v) is 12.1. The number of nitrogens with zero attached hydrogens (tertiary/aromatic N) is 2. The standard InChI is InChI=1S/C27H35N3O6/c1-27(2,3)36-26(31)30-11-7-8-17(16-30)15-29-19-9-10-28-20-14-21(35-24(19)20)18-12-22(32-4)25(34-6)23(13-18)33-5/h9-10,12-14,17H,7-8,11,15-16H2,1-6H3,(H,28,29). The molecule has 1 amide bonds. The molecule has 0 aliphatic carbocycles. The molecule has 9 nitrogen and oxygen atoms in total. The monoisotopic (exact) mass is 497 g/mol. The fraction of sp³-hybridized carbons (Fsp3) is 0.481. The highest BCUT2D eigenvalue weighted by Crippen LogP contribution is 2.42. The molecule has 1 N–H and O–H groups in total. The molecule has 36 heavy (non-hydrogen) atoms. The maximum atomic E-state index is 12.5. The molecule has 0 saturated carbocycles. The number of benzene rings is 1. The Balaban J connectivity index is 1.51. The van der Waals surface area contributed by atoms with Crippen molar-refractivity contribution in [3.8, 4) is 28.6 Å². The van der Waals surface area contributed by atoms with E-state index in [-0.39, 0.29) is 6.09 Å². The summed E-state index contributed by atoms with van der Waals surface area (Å²) in [6.45, 7) is 7.75. The number of carbonyl (C=O) groups is 1. The van der Waals surface area contributed by atoms with Gasteiger partial charge in [0.15, 0.2) is 17.1 Å². The van der Waals surface area contributed by atoms with E-state index in [1.54, 1.807) is 32.4 Å². The SMILES string of the molecule is COc1cc(-c2cc3nccc(NCC4CCCN(C(=O)OC(C)(C)C)C4)c3o2)cc(OC)c1OC. The first-order valence-electron chi connectivity index (χ1n) is 12.1. The van der Waals surface area contributed by atoms with Crippen LogP contribution in [-0.4, -0.2) is 62.5 Å². The molecule has 4 rings (SSSR count). The van der Waals surface area contributed by atoms with Crippen molar-refractivity contribution in [1.29, 1.82) is 0 Å². The number of carbonyl (C=O) groups excluding carboxylic acids is 1. The number of piperidine rings is 1. The fourth-order valence-corrected chi connectivity index (χ4v) is 4.42. The molecule has 1 unspecified atom stereocenters. The number of hydrogen-bond donors (Lipinski definition) is 1. The number of nitrogens with one attached hydrogen (secondary N) is 1. The van der Waals surface area contributed by atoms with Crippen LogP contribution in [0, 0.1) is 5.92 Å². The van der Waals surface area contributed by atoms with Crippen LogP contribution in [0.2, 0.25) is 0 Å². The summed E-state index contributed by atoms with van der Waals surface area (Å²) in [4.78, 5) is 18.8. The van der Waals surface area contributed by atoms with Gasteiger partial charge >= 0.3 is 6.09 Å². The molecule has 194 valence electrons. The number of methoxy groups -OCH3 is 3. The zero-order valence-electron chi connectivity index (χ0n) is 21.8. The lowest BCUT2D eigenvalue weighted by Crippen LogP contribution is -2.44. The second-order valence-electron chi connectivity index (χ2n) is 9.91. The van der Waals surface area contributed by atoms with Gasteiger partial charge in [0.2, 0.25) is 5.75 Å². The van der Waals surface area contributed by atoms with Crippen LogP contribution >= 0.6 is 0 Å². The zero-order chi connectivity index (χ0) is 25.9. The minimum Gasteiger partial charge on any atom is -0.493 e. The second kappa shape index (κ2) is 10.6. The summed E-state index contributed by atoms with van der Waals surface area (Å²) in [7, 11) is 4.74. The van der Waals surface area contributed by atoms with Crippen LogP contribution in [0.1, 0.15) is 33.6 Å². The molecule has 1 aliphatic heterocycles. The van der Waals surface area contributed by atoms with E-state index in [1.807, 2.05) is 45.0 Å². The predicted octanol–water partition coefficient (Wildman–Crippen LogP) is 5.58. The molecule has 3 aromatic rings. The van der Waals surface area contributed by atoms with E-state index in [4.69, 9.17) is 23.4 Å². The van der Waals surface area contributed by atoms with E-state index in [0.29, 0.717) is 47.6 Å². The Morgan fingerprint density at radius 3 is 2.50 bits per heavy atom. The van der Waals surface area contributed by atoms with E-state index in [1.165, 1.54) is 0 Å². The molecule has 2 aromatic heterocycles. The summed E-state index contributed by atoms with van der Waals surface area (Å²) in [5.74, 6) is 2.56. The molecule has 1 atom stereocenters. The van der Waals surface area contributed by atoms with Crippen LogP contribution in [0.15, 0.2) is 34.9 Å². The number of furan rings is 1. The van der Waals surface area contributed by atoms with Gasteiger partial charge in [-0.05, 0) is 57.7 Å². The number of rotatable bonds is 7. The Kier molecular flexibility index (Phi) is 7.47. The second-order valence-corrected chi connectivity index (χ2v) is 9.91. The Hall–Kier alpha value is -3.62. The van der Waals surface area contributed by atoms with Crippen molar-refractivity contribution < 1.29 is 28.2 Å². The van der Waals surface area contributed by atoms with Crippen molar-refractivity contribution in [3.05, 3.63) is 30.5 Å². The van der Waals surface area contributed by atoms with E-state index in [9.17, 15) is 4.79 Å². The molecule has 9 heteroatoms. The Bertz CT molecular complexity index is 1190. The molecule has 3 heterocycles. The molecular weight excluding hydrogens is 462 g/mol. The third kappa shape index (κ3) is 5.61. The average molecular weight is 498 g/mol. The summed E-state index contributed by atoms with van der Waals surface area (Å²) in [5.41, 5.74) is 2.55. The number of pyridine rings is 1. The molecule has 0 radical (unpaired) electrons. The van der Waals surface area contributed by atoms with Gasteiger partial charge in [-0.3, -0.25) is 4.98 Å². The summed E-state index contributed by atoms with van der Waals surface area (Å²) in [5, 5.41) is 3.51. The highest BCUT2D eigenvalue weighted by Gasteiger charge is 2.27. The Morgan fingerprint density at radius 1 is 1.14 bits per heavy atom. The summed E-state index contributed by atoms with van der Waals surface area (Å²) >= 11 is 0. The lowest BCUT2D eigenvalue weighted by Gasteiger charge is -2.34. The topological polar surface area (TPSA) is 95.3 Å². The molecule has 0 spiro atoms. The largest absolute Gasteiger partial charge is 0.493 e. The molecule has 1 aliphatic rings. The highest BCUT2D eigenvalue weighted by atomic mass is 16.6. The first kappa shape index (κ1) is 25.5. The summed E-state index contributed by atoms with van der Waals surface area (Å²) in [6.07, 6.45) is 3.49. The molecule has 1 aromatic carbocycles. The summed E-state index contributed by atoms with van der Waals surface area (Å²) < 4.78 is 28.2. The first-order chi connectivity index (χ1) is 17.2. The smallest absolute Gasteiger partial charge is 0.410 e. The third-order valence-corrected chi connectivity index (χ3v) is 6.11. The van der Waals surface area contributed by atoms with Crippen molar-refractivity contribution in [1.82, 2.24) is 9.88 Å². The van der Waals surface area contributed by atoms with Crippen LogP contribution in [0.3, 0.4) is 0 Å². The molecule has 1 fully saturated rings. The molecular formula is C27H35N3O6. The van der Waals surface area contributed by atoms with Gasteiger partial charge < -0.3 is 33.6 Å². The van der Waals surface area contributed by atoms with Crippen LogP contribution in [0.4, 0.5) is 10.5 Å². The van der Waals surface area contributed by atoms with Gasteiger partial charge in [-0.1, -0.05) is 0 Å². The van der Waals surface area contributed by atoms with Crippen LogP contribution in [0.25, 0.3) is 22.4 Å². The minimum absolute atomic E-state index is 0.250. The van der Waals surface area contributed by atoms with Gasteiger partial charge in [0, 0.05) is 37.5 Å². The highest BCUT2D eigenvalue weighted by molar-refractivity contribution is 5.89. The maximum Gasteiger partial charge on any atom is 0.410 e. The Labute approximate surface area is 211 Å². The predicted molar refractivity (Wildman–Crippen MR) is 138 cm³/mol. The van der Waals surface area contributed by atoms with Gasteiger partial charge in [0.1, 0.15) is 16.9 Å². The third-order valence-electron chi connectivity index (χ3n) is 6.11. The van der Waals surface area contributed by atoms with Crippen molar-refractivity contribution in [3.63, 3.8) is 0 Å². The van der Waals surface area contributed by atoms with Gasteiger partial charge in [-0.2, -0.15) is 0 Å². The van der Waals surface area contributed by atoms with Crippen molar-refractivity contribution >= 4 is 22.9 Å². The quantitative estimate of drug-likeness (QED) is 0.452.